The molecular weight excluding hydrogens is 355 g/mol. The third-order valence-corrected chi connectivity index (χ3v) is 4.59. The van der Waals surface area contributed by atoms with Crippen LogP contribution in [0, 0.1) is 5.82 Å². The Bertz CT molecular complexity index is 927. The lowest BCUT2D eigenvalue weighted by atomic mass is 10.1. The Labute approximate surface area is 153 Å². The van der Waals surface area contributed by atoms with E-state index in [4.69, 9.17) is 0 Å². The number of nitrogens with zero attached hydrogens (tertiary/aromatic N) is 1. The first-order valence-corrected chi connectivity index (χ1v) is 8.68. The van der Waals surface area contributed by atoms with Crippen LogP contribution in [-0.4, -0.2) is 22.0 Å². The first-order chi connectivity index (χ1) is 12.5. The second-order valence-corrected chi connectivity index (χ2v) is 6.44. The Hall–Kier alpha value is -3.06. The number of carboxylic acids is 1. The van der Waals surface area contributed by atoms with Crippen molar-refractivity contribution in [3.05, 3.63) is 77.1 Å². The van der Waals surface area contributed by atoms with Crippen molar-refractivity contribution in [3.63, 3.8) is 0 Å². The maximum absolute atomic E-state index is 13.3. The summed E-state index contributed by atoms with van der Waals surface area (Å²) in [6.07, 6.45) is -0.0531. The van der Waals surface area contributed by atoms with E-state index >= 15 is 0 Å². The Kier molecular flexibility index (Phi) is 5.38. The molecule has 2 N–H and O–H groups in total. The molecule has 2 aromatic carbocycles. The molecule has 0 fully saturated rings. The van der Waals surface area contributed by atoms with Gasteiger partial charge in [-0.15, -0.1) is 11.3 Å². The number of aliphatic carboxylic acids is 1. The highest BCUT2D eigenvalue weighted by atomic mass is 32.1. The average Bonchev–Trinajstić information content (AvgIpc) is 3.08. The predicted octanol–water partition coefficient (Wildman–Crippen LogP) is 3.43. The van der Waals surface area contributed by atoms with E-state index in [9.17, 15) is 19.1 Å². The quantitative estimate of drug-likeness (QED) is 0.697. The fourth-order valence-corrected chi connectivity index (χ4v) is 3.27. The van der Waals surface area contributed by atoms with E-state index in [1.165, 1.54) is 23.5 Å². The number of halogens is 1. The van der Waals surface area contributed by atoms with E-state index in [2.05, 4.69) is 10.3 Å². The maximum atomic E-state index is 13.3. The largest absolute Gasteiger partial charge is 0.479 e. The summed E-state index contributed by atoms with van der Waals surface area (Å²) in [6.45, 7) is 0. The number of carboxylic acid groups (broad SMARTS) is 1. The lowest BCUT2D eigenvalue weighted by molar-refractivity contribution is -0.142. The molecule has 0 saturated heterocycles. The van der Waals surface area contributed by atoms with Crippen LogP contribution in [0.25, 0.3) is 10.6 Å². The van der Waals surface area contributed by atoms with Gasteiger partial charge in [0.2, 0.25) is 5.91 Å². The Morgan fingerprint density at radius 1 is 1.15 bits per heavy atom. The topological polar surface area (TPSA) is 79.3 Å². The Morgan fingerprint density at radius 2 is 1.92 bits per heavy atom. The minimum atomic E-state index is -1.14. The molecule has 1 aromatic heterocycles. The van der Waals surface area contributed by atoms with Crippen molar-refractivity contribution in [2.24, 2.45) is 0 Å². The van der Waals surface area contributed by atoms with Gasteiger partial charge >= 0.3 is 5.97 Å². The van der Waals surface area contributed by atoms with Gasteiger partial charge in [-0.05, 0) is 17.7 Å². The summed E-state index contributed by atoms with van der Waals surface area (Å²) < 4.78 is 13.3. The van der Waals surface area contributed by atoms with E-state index in [0.717, 1.165) is 0 Å². The smallest absolute Gasteiger partial charge is 0.330 e. The van der Waals surface area contributed by atoms with Crippen molar-refractivity contribution in [3.8, 4) is 10.6 Å². The number of rotatable bonds is 6. The normalized spacial score (nSPS) is 11.7. The van der Waals surface area contributed by atoms with Gasteiger partial charge in [0.25, 0.3) is 0 Å². The zero-order chi connectivity index (χ0) is 18.5. The van der Waals surface area contributed by atoms with Crippen molar-refractivity contribution in [1.29, 1.82) is 0 Å². The minimum absolute atomic E-state index is 0.0531. The first-order valence-electron chi connectivity index (χ1n) is 7.80. The summed E-state index contributed by atoms with van der Waals surface area (Å²) in [7, 11) is 0. The molecular formula is C19H15FN2O3S. The zero-order valence-electron chi connectivity index (χ0n) is 13.6. The molecule has 1 amide bonds. The third-order valence-electron chi connectivity index (χ3n) is 3.65. The van der Waals surface area contributed by atoms with Crippen LogP contribution >= 0.6 is 11.3 Å². The second-order valence-electron chi connectivity index (χ2n) is 5.58. The molecule has 26 heavy (non-hydrogen) atoms. The molecule has 1 atom stereocenters. The lowest BCUT2D eigenvalue weighted by Crippen LogP contribution is -2.34. The molecule has 3 rings (SSSR count). The van der Waals surface area contributed by atoms with E-state index in [1.807, 2.05) is 0 Å². The van der Waals surface area contributed by atoms with Crippen LogP contribution in [0.3, 0.4) is 0 Å². The molecule has 0 saturated carbocycles. The van der Waals surface area contributed by atoms with Crippen LogP contribution in [-0.2, 0) is 16.0 Å². The molecule has 0 radical (unpaired) electrons. The molecule has 0 spiro atoms. The monoisotopic (exact) mass is 370 g/mol. The molecule has 0 aliphatic heterocycles. The summed E-state index contributed by atoms with van der Waals surface area (Å²) in [5.74, 6) is -1.94. The molecule has 0 aliphatic rings. The summed E-state index contributed by atoms with van der Waals surface area (Å²) in [5, 5.41) is 14.2. The molecule has 0 bridgehead atoms. The number of nitrogens with one attached hydrogen (secondary N) is 1. The Morgan fingerprint density at radius 3 is 2.62 bits per heavy atom. The van der Waals surface area contributed by atoms with Gasteiger partial charge in [0, 0.05) is 10.9 Å². The second kappa shape index (κ2) is 7.88. The summed E-state index contributed by atoms with van der Waals surface area (Å²) in [6, 6.07) is 13.4. The van der Waals surface area contributed by atoms with Gasteiger partial charge in [0.05, 0.1) is 12.1 Å². The summed E-state index contributed by atoms with van der Waals surface area (Å²) in [5.41, 5.74) is 1.63. The number of amides is 1. The zero-order valence-corrected chi connectivity index (χ0v) is 14.4. The average molecular weight is 370 g/mol. The Balaban J connectivity index is 1.69. The lowest BCUT2D eigenvalue weighted by Gasteiger charge is -2.14. The molecule has 5 nitrogen and oxygen atoms in total. The maximum Gasteiger partial charge on any atom is 0.330 e. The highest BCUT2D eigenvalue weighted by Gasteiger charge is 2.22. The molecule has 0 aliphatic carbocycles. The van der Waals surface area contributed by atoms with E-state index in [1.54, 1.807) is 47.8 Å². The van der Waals surface area contributed by atoms with E-state index in [-0.39, 0.29) is 12.2 Å². The van der Waals surface area contributed by atoms with Crippen molar-refractivity contribution < 1.29 is 19.1 Å². The van der Waals surface area contributed by atoms with Gasteiger partial charge in [-0.3, -0.25) is 4.79 Å². The minimum Gasteiger partial charge on any atom is -0.479 e. The molecule has 1 unspecified atom stereocenters. The van der Waals surface area contributed by atoms with Gasteiger partial charge in [0.1, 0.15) is 10.8 Å². The van der Waals surface area contributed by atoms with Crippen molar-refractivity contribution in [2.45, 2.75) is 12.5 Å². The number of aromatic nitrogens is 1. The van der Waals surface area contributed by atoms with Gasteiger partial charge in [-0.1, -0.05) is 42.5 Å². The van der Waals surface area contributed by atoms with Crippen LogP contribution < -0.4 is 5.32 Å². The standard InChI is InChI=1S/C19H15FN2O3S/c20-14-8-4-7-13(9-14)18-21-15(11-26-18)10-16(23)22-17(19(24)25)12-5-2-1-3-6-12/h1-9,11,17H,10H2,(H,22,23)(H,24,25). The van der Waals surface area contributed by atoms with Gasteiger partial charge in [-0.25, -0.2) is 14.2 Å². The molecule has 3 aromatic rings. The molecule has 1 heterocycles. The van der Waals surface area contributed by atoms with Gasteiger partial charge in [-0.2, -0.15) is 0 Å². The first kappa shape index (κ1) is 17.8. The highest BCUT2D eigenvalue weighted by Crippen LogP contribution is 2.24. The molecule has 7 heteroatoms. The highest BCUT2D eigenvalue weighted by molar-refractivity contribution is 7.13. The number of thiazole rings is 1. The number of carbonyl (C=O) groups is 2. The number of carbonyl (C=O) groups excluding carboxylic acids is 1. The van der Waals surface area contributed by atoms with Gasteiger partial charge < -0.3 is 10.4 Å². The van der Waals surface area contributed by atoms with Gasteiger partial charge in [0.15, 0.2) is 6.04 Å². The number of benzene rings is 2. The van der Waals surface area contributed by atoms with Crippen molar-refractivity contribution in [1.82, 2.24) is 10.3 Å². The van der Waals surface area contributed by atoms with Crippen LogP contribution in [0.5, 0.6) is 0 Å². The number of hydrogen-bond donors (Lipinski definition) is 2. The van der Waals surface area contributed by atoms with Crippen molar-refractivity contribution in [2.75, 3.05) is 0 Å². The fraction of sp³-hybridized carbons (Fsp3) is 0.105. The SMILES string of the molecule is O=C(Cc1csc(-c2cccc(F)c2)n1)NC(C(=O)O)c1ccccc1. The predicted molar refractivity (Wildman–Crippen MR) is 96.2 cm³/mol. The van der Waals surface area contributed by atoms with Crippen LogP contribution in [0.15, 0.2) is 60.0 Å². The van der Waals surface area contributed by atoms with Crippen LogP contribution in [0.4, 0.5) is 4.39 Å². The molecule has 132 valence electrons. The van der Waals surface area contributed by atoms with Crippen LogP contribution in [0.2, 0.25) is 0 Å². The third kappa shape index (κ3) is 4.31. The van der Waals surface area contributed by atoms with E-state index in [0.29, 0.717) is 21.8 Å². The van der Waals surface area contributed by atoms with E-state index < -0.39 is 17.9 Å². The van der Waals surface area contributed by atoms with Crippen LogP contribution in [0.1, 0.15) is 17.3 Å². The van der Waals surface area contributed by atoms with Crippen molar-refractivity contribution >= 4 is 23.2 Å². The fourth-order valence-electron chi connectivity index (χ4n) is 2.45. The number of hydrogen-bond acceptors (Lipinski definition) is 4. The summed E-state index contributed by atoms with van der Waals surface area (Å²) >= 11 is 1.30. The summed E-state index contributed by atoms with van der Waals surface area (Å²) in [4.78, 5) is 28.0.